The van der Waals surface area contributed by atoms with Crippen molar-refractivity contribution in [1.29, 1.82) is 0 Å². The van der Waals surface area contributed by atoms with Crippen LogP contribution in [0.15, 0.2) is 24.3 Å². The second kappa shape index (κ2) is 5.78. The molecule has 0 saturated heterocycles. The summed E-state index contributed by atoms with van der Waals surface area (Å²) in [6.07, 6.45) is 4.88. The van der Waals surface area contributed by atoms with E-state index in [9.17, 15) is 4.79 Å². The molecule has 0 spiro atoms. The number of hydrogen-bond donors (Lipinski definition) is 0. The van der Waals surface area contributed by atoms with Crippen LogP contribution in [-0.4, -0.2) is 27.1 Å². The molecule has 0 amide bonds. The first-order valence-electron chi connectivity index (χ1n) is 6.20. The van der Waals surface area contributed by atoms with E-state index in [0.717, 1.165) is 23.5 Å². The predicted molar refractivity (Wildman–Crippen MR) is 72.2 cm³/mol. The molecule has 0 N–H and O–H groups in total. The highest BCUT2D eigenvalue weighted by atomic mass is 16.5. The minimum atomic E-state index is 0.133. The third-order valence-corrected chi connectivity index (χ3v) is 3.34. The van der Waals surface area contributed by atoms with E-state index in [4.69, 9.17) is 14.2 Å². The van der Waals surface area contributed by atoms with Gasteiger partial charge in [0.1, 0.15) is 17.2 Å². The molecule has 0 aliphatic heterocycles. The molecular formula is C15H18O4. The molecule has 4 heteroatoms. The van der Waals surface area contributed by atoms with Crippen molar-refractivity contribution in [2.45, 2.75) is 18.8 Å². The molecule has 19 heavy (non-hydrogen) atoms. The van der Waals surface area contributed by atoms with Gasteiger partial charge in [-0.3, -0.25) is 4.79 Å². The zero-order valence-corrected chi connectivity index (χ0v) is 11.4. The van der Waals surface area contributed by atoms with Crippen LogP contribution in [0.3, 0.4) is 0 Å². The molecule has 0 saturated carbocycles. The van der Waals surface area contributed by atoms with Crippen molar-refractivity contribution < 1.29 is 19.0 Å². The van der Waals surface area contributed by atoms with Crippen LogP contribution in [0.1, 0.15) is 24.3 Å². The molecule has 1 aliphatic rings. The Morgan fingerprint density at radius 2 is 1.68 bits per heavy atom. The van der Waals surface area contributed by atoms with Crippen LogP contribution >= 0.6 is 0 Å². The molecule has 0 fully saturated rings. The normalized spacial score (nSPS) is 18.3. The average molecular weight is 262 g/mol. The van der Waals surface area contributed by atoms with Gasteiger partial charge in [-0.1, -0.05) is 6.08 Å². The number of methoxy groups -OCH3 is 3. The quantitative estimate of drug-likeness (QED) is 0.837. The molecule has 0 aromatic heterocycles. The van der Waals surface area contributed by atoms with Crippen molar-refractivity contribution >= 4 is 5.78 Å². The average Bonchev–Trinajstić information content (AvgIpc) is 2.46. The Kier molecular flexibility index (Phi) is 4.10. The molecule has 0 radical (unpaired) electrons. The third kappa shape index (κ3) is 2.72. The summed E-state index contributed by atoms with van der Waals surface area (Å²) in [5, 5.41) is 0. The number of ketones is 1. The van der Waals surface area contributed by atoms with Crippen LogP contribution < -0.4 is 14.2 Å². The van der Waals surface area contributed by atoms with E-state index in [1.807, 2.05) is 18.2 Å². The Hall–Kier alpha value is -1.97. The van der Waals surface area contributed by atoms with E-state index in [1.165, 1.54) is 0 Å². The maximum atomic E-state index is 11.3. The Balaban J connectivity index is 2.48. The van der Waals surface area contributed by atoms with E-state index in [0.29, 0.717) is 12.2 Å². The van der Waals surface area contributed by atoms with Crippen LogP contribution in [0.2, 0.25) is 0 Å². The second-order valence-corrected chi connectivity index (χ2v) is 4.42. The van der Waals surface area contributed by atoms with Crippen molar-refractivity contribution in [2.75, 3.05) is 21.3 Å². The van der Waals surface area contributed by atoms with Crippen molar-refractivity contribution in [1.82, 2.24) is 0 Å². The molecule has 0 heterocycles. The number of allylic oxidation sites excluding steroid dienone is 2. The molecular weight excluding hydrogens is 244 g/mol. The number of benzene rings is 1. The number of rotatable bonds is 4. The Labute approximate surface area is 113 Å². The SMILES string of the molecule is COc1cc(OC)c([C@@H]2C=CC(=O)CC2)c(OC)c1. The summed E-state index contributed by atoms with van der Waals surface area (Å²) in [6.45, 7) is 0. The summed E-state index contributed by atoms with van der Waals surface area (Å²) >= 11 is 0. The fourth-order valence-corrected chi connectivity index (χ4v) is 2.34. The summed E-state index contributed by atoms with van der Waals surface area (Å²) in [5.74, 6) is 2.44. The predicted octanol–water partition coefficient (Wildman–Crippen LogP) is 2.72. The highest BCUT2D eigenvalue weighted by Gasteiger charge is 2.23. The summed E-state index contributed by atoms with van der Waals surface area (Å²) < 4.78 is 16.1. The van der Waals surface area contributed by atoms with Gasteiger partial charge in [0.05, 0.1) is 21.3 Å². The van der Waals surface area contributed by atoms with Crippen LogP contribution in [0, 0.1) is 0 Å². The van der Waals surface area contributed by atoms with Gasteiger partial charge in [-0.15, -0.1) is 0 Å². The topological polar surface area (TPSA) is 44.8 Å². The first-order chi connectivity index (χ1) is 9.19. The number of carbonyl (C=O) groups excluding carboxylic acids is 1. The van der Waals surface area contributed by atoms with Gasteiger partial charge < -0.3 is 14.2 Å². The van der Waals surface area contributed by atoms with Gasteiger partial charge in [-0.25, -0.2) is 0 Å². The fraction of sp³-hybridized carbons (Fsp3) is 0.400. The Morgan fingerprint density at radius 1 is 1.05 bits per heavy atom. The molecule has 1 aliphatic carbocycles. The molecule has 1 aromatic rings. The number of ether oxygens (including phenoxy) is 3. The Bertz CT molecular complexity index is 480. The minimum Gasteiger partial charge on any atom is -0.496 e. The van der Waals surface area contributed by atoms with Crippen molar-refractivity contribution in [2.24, 2.45) is 0 Å². The summed E-state index contributed by atoms with van der Waals surface area (Å²) in [5.41, 5.74) is 0.967. The van der Waals surface area contributed by atoms with E-state index in [-0.39, 0.29) is 11.7 Å². The van der Waals surface area contributed by atoms with Gasteiger partial charge in [-0.2, -0.15) is 0 Å². The minimum absolute atomic E-state index is 0.133. The Morgan fingerprint density at radius 3 is 2.11 bits per heavy atom. The van der Waals surface area contributed by atoms with Crippen molar-refractivity contribution in [3.63, 3.8) is 0 Å². The molecule has 0 bridgehead atoms. The second-order valence-electron chi connectivity index (χ2n) is 4.42. The van der Waals surface area contributed by atoms with Crippen LogP contribution in [-0.2, 0) is 4.79 Å². The lowest BCUT2D eigenvalue weighted by Gasteiger charge is -2.22. The number of hydrogen-bond acceptors (Lipinski definition) is 4. The molecule has 4 nitrogen and oxygen atoms in total. The van der Waals surface area contributed by atoms with E-state index < -0.39 is 0 Å². The highest BCUT2D eigenvalue weighted by molar-refractivity contribution is 5.90. The van der Waals surface area contributed by atoms with Gasteiger partial charge in [0, 0.05) is 30.0 Å². The van der Waals surface area contributed by atoms with Gasteiger partial charge in [-0.05, 0) is 12.5 Å². The zero-order chi connectivity index (χ0) is 13.8. The van der Waals surface area contributed by atoms with Gasteiger partial charge in [0.2, 0.25) is 0 Å². The van der Waals surface area contributed by atoms with Crippen molar-refractivity contribution in [3.05, 3.63) is 29.8 Å². The van der Waals surface area contributed by atoms with E-state index in [1.54, 1.807) is 27.4 Å². The smallest absolute Gasteiger partial charge is 0.155 e. The molecule has 1 atom stereocenters. The highest BCUT2D eigenvalue weighted by Crippen LogP contribution is 2.42. The van der Waals surface area contributed by atoms with Crippen LogP contribution in [0.25, 0.3) is 0 Å². The summed E-state index contributed by atoms with van der Waals surface area (Å²) in [6, 6.07) is 3.67. The lowest BCUT2D eigenvalue weighted by Crippen LogP contribution is -2.09. The van der Waals surface area contributed by atoms with Gasteiger partial charge >= 0.3 is 0 Å². The summed E-state index contributed by atoms with van der Waals surface area (Å²) in [7, 11) is 4.85. The van der Waals surface area contributed by atoms with Crippen LogP contribution in [0.5, 0.6) is 17.2 Å². The zero-order valence-electron chi connectivity index (χ0n) is 11.4. The van der Waals surface area contributed by atoms with E-state index >= 15 is 0 Å². The molecule has 102 valence electrons. The molecule has 2 rings (SSSR count). The molecule has 0 unspecified atom stereocenters. The lowest BCUT2D eigenvalue weighted by atomic mass is 9.87. The largest absolute Gasteiger partial charge is 0.496 e. The maximum absolute atomic E-state index is 11.3. The maximum Gasteiger partial charge on any atom is 0.155 e. The van der Waals surface area contributed by atoms with Gasteiger partial charge in [0.15, 0.2) is 5.78 Å². The van der Waals surface area contributed by atoms with Crippen molar-refractivity contribution in [3.8, 4) is 17.2 Å². The first-order valence-corrected chi connectivity index (χ1v) is 6.20. The standard InChI is InChI=1S/C15H18O4/c1-17-12-8-13(18-2)15(14(9-12)19-3)10-4-6-11(16)7-5-10/h4,6,8-10H,5,7H2,1-3H3/t10-/m1/s1. The summed E-state index contributed by atoms with van der Waals surface area (Å²) in [4.78, 5) is 11.3. The number of carbonyl (C=O) groups is 1. The fourth-order valence-electron chi connectivity index (χ4n) is 2.34. The third-order valence-electron chi connectivity index (χ3n) is 3.34. The molecule has 1 aromatic carbocycles. The monoisotopic (exact) mass is 262 g/mol. The first kappa shape index (κ1) is 13.5. The van der Waals surface area contributed by atoms with Crippen LogP contribution in [0.4, 0.5) is 0 Å². The lowest BCUT2D eigenvalue weighted by molar-refractivity contribution is -0.115. The van der Waals surface area contributed by atoms with E-state index in [2.05, 4.69) is 0 Å². The van der Waals surface area contributed by atoms with Gasteiger partial charge in [0.25, 0.3) is 0 Å².